The molecule has 0 unspecified atom stereocenters. The lowest BCUT2D eigenvalue weighted by molar-refractivity contribution is 0.102. The average Bonchev–Trinajstić information content (AvgIpc) is 2.65. The first-order valence-corrected chi connectivity index (χ1v) is 8.62. The van der Waals surface area contributed by atoms with Crippen molar-refractivity contribution >= 4 is 23.2 Å². The van der Waals surface area contributed by atoms with Crippen molar-refractivity contribution in [1.29, 1.82) is 0 Å². The summed E-state index contributed by atoms with van der Waals surface area (Å²) in [6.45, 7) is 2.28. The molecule has 2 aromatic carbocycles. The summed E-state index contributed by atoms with van der Waals surface area (Å²) in [5.41, 5.74) is 2.41. The minimum absolute atomic E-state index is 0.133. The molecule has 3 aromatic rings. The Hall–Kier alpha value is -3.12. The van der Waals surface area contributed by atoms with Gasteiger partial charge < -0.3 is 10.1 Å². The lowest BCUT2D eigenvalue weighted by atomic mass is 10.1. The van der Waals surface area contributed by atoms with E-state index < -0.39 is 5.91 Å². The number of benzene rings is 2. The summed E-state index contributed by atoms with van der Waals surface area (Å²) in [6, 6.07) is 15.4. The highest BCUT2D eigenvalue weighted by atomic mass is 35.5. The van der Waals surface area contributed by atoms with Gasteiger partial charge in [-0.3, -0.25) is 9.59 Å². The summed E-state index contributed by atoms with van der Waals surface area (Å²) < 4.78 is 6.35. The van der Waals surface area contributed by atoms with Gasteiger partial charge >= 0.3 is 0 Å². The first-order valence-electron chi connectivity index (χ1n) is 8.25. The zero-order valence-electron chi connectivity index (χ0n) is 14.9. The highest BCUT2D eigenvalue weighted by molar-refractivity contribution is 6.32. The number of amides is 1. The molecular formula is C20H18ClN3O3. The molecule has 0 radical (unpaired) electrons. The molecule has 1 aromatic heterocycles. The summed E-state index contributed by atoms with van der Waals surface area (Å²) in [6.07, 6.45) is 0. The Balaban J connectivity index is 1.80. The smallest absolute Gasteiger partial charge is 0.276 e. The molecule has 0 bridgehead atoms. The van der Waals surface area contributed by atoms with Crippen LogP contribution < -0.4 is 15.6 Å². The van der Waals surface area contributed by atoms with Crippen molar-refractivity contribution in [1.82, 2.24) is 9.78 Å². The molecule has 138 valence electrons. The highest BCUT2D eigenvalue weighted by Gasteiger charge is 2.12. The number of methoxy groups -OCH3 is 1. The van der Waals surface area contributed by atoms with Crippen LogP contribution in [-0.2, 0) is 6.54 Å². The summed E-state index contributed by atoms with van der Waals surface area (Å²) in [5.74, 6) is 0.0772. The van der Waals surface area contributed by atoms with Crippen molar-refractivity contribution < 1.29 is 9.53 Å². The first kappa shape index (κ1) is 18.7. The van der Waals surface area contributed by atoms with E-state index in [-0.39, 0.29) is 17.8 Å². The summed E-state index contributed by atoms with van der Waals surface area (Å²) >= 11 is 6.07. The average molecular weight is 384 g/mol. The number of carbonyl (C=O) groups excluding carboxylic acids is 1. The van der Waals surface area contributed by atoms with Crippen molar-refractivity contribution in [2.24, 2.45) is 0 Å². The van der Waals surface area contributed by atoms with Gasteiger partial charge in [-0.25, -0.2) is 4.68 Å². The van der Waals surface area contributed by atoms with E-state index in [0.717, 1.165) is 11.1 Å². The molecule has 0 aliphatic rings. The minimum Gasteiger partial charge on any atom is -0.495 e. The standard InChI is InChI=1S/C20H18ClN3O3/c1-13-3-5-14(6-4-13)12-24-19(25)10-8-17(23-24)20(26)22-15-7-9-18(27-2)16(21)11-15/h3-11H,12H2,1-2H3,(H,22,26). The molecule has 1 amide bonds. The molecule has 3 rings (SSSR count). The fraction of sp³-hybridized carbons (Fsp3) is 0.150. The Morgan fingerprint density at radius 3 is 2.56 bits per heavy atom. The van der Waals surface area contributed by atoms with E-state index in [2.05, 4.69) is 10.4 Å². The Morgan fingerprint density at radius 1 is 1.15 bits per heavy atom. The molecule has 1 N–H and O–H groups in total. The Bertz CT molecular complexity index is 1030. The van der Waals surface area contributed by atoms with Gasteiger partial charge in [0.25, 0.3) is 11.5 Å². The number of anilines is 1. The van der Waals surface area contributed by atoms with Crippen LogP contribution in [-0.4, -0.2) is 22.8 Å². The van der Waals surface area contributed by atoms with Crippen molar-refractivity contribution in [2.75, 3.05) is 12.4 Å². The zero-order chi connectivity index (χ0) is 19.4. The van der Waals surface area contributed by atoms with Crippen molar-refractivity contribution in [2.45, 2.75) is 13.5 Å². The van der Waals surface area contributed by atoms with Gasteiger partial charge in [-0.05, 0) is 36.8 Å². The number of hydrogen-bond donors (Lipinski definition) is 1. The second kappa shape index (κ2) is 8.05. The Morgan fingerprint density at radius 2 is 1.89 bits per heavy atom. The van der Waals surface area contributed by atoms with Gasteiger partial charge in [0.05, 0.1) is 18.7 Å². The number of nitrogens with zero attached hydrogens (tertiary/aromatic N) is 2. The van der Waals surface area contributed by atoms with Gasteiger partial charge in [-0.1, -0.05) is 41.4 Å². The molecule has 6 nitrogen and oxygen atoms in total. The molecule has 0 aliphatic heterocycles. The van der Waals surface area contributed by atoms with Crippen LogP contribution in [0.4, 0.5) is 5.69 Å². The summed E-state index contributed by atoms with van der Waals surface area (Å²) in [7, 11) is 1.51. The van der Waals surface area contributed by atoms with E-state index in [1.54, 1.807) is 18.2 Å². The normalized spacial score (nSPS) is 10.5. The number of aryl methyl sites for hydroxylation is 1. The van der Waals surface area contributed by atoms with Gasteiger partial charge in [0.1, 0.15) is 11.4 Å². The number of aromatic nitrogens is 2. The fourth-order valence-corrected chi connectivity index (χ4v) is 2.75. The van der Waals surface area contributed by atoms with Crippen LogP contribution in [0.3, 0.4) is 0 Å². The third-order valence-corrected chi connectivity index (χ3v) is 4.26. The molecule has 1 heterocycles. The molecule has 0 saturated carbocycles. The molecule has 0 fully saturated rings. The zero-order valence-corrected chi connectivity index (χ0v) is 15.7. The second-order valence-corrected chi connectivity index (χ2v) is 6.41. The fourth-order valence-electron chi connectivity index (χ4n) is 2.49. The lowest BCUT2D eigenvalue weighted by Crippen LogP contribution is -2.26. The van der Waals surface area contributed by atoms with Gasteiger partial charge in [0.2, 0.25) is 0 Å². The Kier molecular flexibility index (Phi) is 5.57. The molecule has 0 atom stereocenters. The largest absolute Gasteiger partial charge is 0.495 e. The SMILES string of the molecule is COc1ccc(NC(=O)c2ccc(=O)n(Cc3ccc(C)cc3)n2)cc1Cl. The maximum absolute atomic E-state index is 12.5. The predicted molar refractivity (Wildman–Crippen MR) is 105 cm³/mol. The van der Waals surface area contributed by atoms with Crippen LogP contribution in [0.1, 0.15) is 21.6 Å². The molecule has 7 heteroatoms. The second-order valence-electron chi connectivity index (χ2n) is 6.00. The number of carbonyl (C=O) groups is 1. The number of halogens is 1. The monoisotopic (exact) mass is 383 g/mol. The summed E-state index contributed by atoms with van der Waals surface area (Å²) in [5, 5.41) is 7.27. The first-order chi connectivity index (χ1) is 13.0. The van der Waals surface area contributed by atoms with Crippen molar-refractivity contribution in [3.63, 3.8) is 0 Å². The third-order valence-electron chi connectivity index (χ3n) is 3.96. The topological polar surface area (TPSA) is 73.2 Å². The number of nitrogens with one attached hydrogen (secondary N) is 1. The third kappa shape index (κ3) is 4.54. The molecule has 0 spiro atoms. The van der Waals surface area contributed by atoms with Gasteiger partial charge in [0.15, 0.2) is 0 Å². The van der Waals surface area contributed by atoms with Crippen molar-refractivity contribution in [3.8, 4) is 5.75 Å². The summed E-state index contributed by atoms with van der Waals surface area (Å²) in [4.78, 5) is 24.6. The quantitative estimate of drug-likeness (QED) is 0.731. The minimum atomic E-state index is -0.436. The van der Waals surface area contributed by atoms with Crippen LogP contribution in [0.25, 0.3) is 0 Å². The van der Waals surface area contributed by atoms with Gasteiger partial charge in [-0.15, -0.1) is 0 Å². The van der Waals surface area contributed by atoms with Gasteiger partial charge in [-0.2, -0.15) is 5.10 Å². The van der Waals surface area contributed by atoms with E-state index in [4.69, 9.17) is 16.3 Å². The van der Waals surface area contributed by atoms with Crippen LogP contribution >= 0.6 is 11.6 Å². The van der Waals surface area contributed by atoms with E-state index in [9.17, 15) is 9.59 Å². The van der Waals surface area contributed by atoms with Crippen LogP contribution in [0, 0.1) is 6.92 Å². The van der Waals surface area contributed by atoms with Crippen molar-refractivity contribution in [3.05, 3.63) is 86.8 Å². The van der Waals surface area contributed by atoms with Crippen LogP contribution in [0.5, 0.6) is 5.75 Å². The molecular weight excluding hydrogens is 366 g/mol. The highest BCUT2D eigenvalue weighted by Crippen LogP contribution is 2.27. The maximum atomic E-state index is 12.5. The Labute approximate surface area is 161 Å². The number of ether oxygens (including phenoxy) is 1. The van der Waals surface area contributed by atoms with Crippen LogP contribution in [0.2, 0.25) is 5.02 Å². The van der Waals surface area contributed by atoms with Gasteiger partial charge in [0, 0.05) is 11.8 Å². The predicted octanol–water partition coefficient (Wildman–Crippen LogP) is 3.51. The van der Waals surface area contributed by atoms with E-state index in [1.165, 1.54) is 23.9 Å². The number of hydrogen-bond acceptors (Lipinski definition) is 4. The van der Waals surface area contributed by atoms with E-state index in [1.807, 2.05) is 31.2 Å². The molecule has 0 aliphatic carbocycles. The molecule has 0 saturated heterocycles. The lowest BCUT2D eigenvalue weighted by Gasteiger charge is -2.09. The van der Waals surface area contributed by atoms with E-state index >= 15 is 0 Å². The maximum Gasteiger partial charge on any atom is 0.276 e. The molecule has 27 heavy (non-hydrogen) atoms. The van der Waals surface area contributed by atoms with E-state index in [0.29, 0.717) is 16.5 Å². The number of rotatable bonds is 5. The van der Waals surface area contributed by atoms with Crippen LogP contribution in [0.15, 0.2) is 59.4 Å².